The largest absolute Gasteiger partial charge is 0.471 e. The predicted octanol–water partition coefficient (Wildman–Crippen LogP) is 2.24. The molecular weight excluding hydrogens is 344 g/mol. The number of rotatable bonds is 8. The van der Waals surface area contributed by atoms with E-state index < -0.39 is 0 Å². The Hall–Kier alpha value is -3.13. The second-order valence-corrected chi connectivity index (χ2v) is 6.53. The Kier molecular flexibility index (Phi) is 5.87. The molecule has 0 radical (unpaired) electrons. The second-order valence-electron chi connectivity index (χ2n) is 6.53. The maximum Gasteiger partial charge on any atom is 0.276 e. The number of ether oxygens (including phenoxy) is 1. The molecule has 8 heteroatoms. The molecule has 1 N–H and O–H groups in total. The van der Waals surface area contributed by atoms with E-state index in [0.29, 0.717) is 11.4 Å². The third kappa shape index (κ3) is 5.18. The Balaban J connectivity index is 1.54. The molecule has 1 aromatic carbocycles. The summed E-state index contributed by atoms with van der Waals surface area (Å²) in [4.78, 5) is 14.4. The van der Waals surface area contributed by atoms with Crippen molar-refractivity contribution in [3.63, 3.8) is 0 Å². The lowest BCUT2D eigenvalue weighted by molar-refractivity contribution is 0.102. The summed E-state index contributed by atoms with van der Waals surface area (Å²) in [7, 11) is 4.01. The molecule has 0 atom stereocenters. The zero-order valence-corrected chi connectivity index (χ0v) is 15.8. The van der Waals surface area contributed by atoms with Crippen molar-refractivity contribution in [3.05, 3.63) is 60.2 Å². The van der Waals surface area contributed by atoms with E-state index in [4.69, 9.17) is 4.74 Å². The molecule has 0 aliphatic heterocycles. The van der Waals surface area contributed by atoms with Gasteiger partial charge in [-0.1, -0.05) is 18.2 Å². The second kappa shape index (κ2) is 8.50. The third-order valence-corrected chi connectivity index (χ3v) is 3.99. The van der Waals surface area contributed by atoms with Crippen molar-refractivity contribution in [1.82, 2.24) is 24.5 Å². The number of aryl methyl sites for hydroxylation is 1. The van der Waals surface area contributed by atoms with E-state index in [9.17, 15) is 4.79 Å². The molecule has 0 spiro atoms. The quantitative estimate of drug-likeness (QED) is 0.660. The van der Waals surface area contributed by atoms with Gasteiger partial charge in [-0.15, -0.1) is 0 Å². The number of para-hydroxylation sites is 1. The van der Waals surface area contributed by atoms with Crippen LogP contribution in [0.1, 0.15) is 16.1 Å². The van der Waals surface area contributed by atoms with Crippen LogP contribution in [0.4, 0.5) is 5.69 Å². The number of carbonyl (C=O) groups excluding carboxylic acids is 1. The van der Waals surface area contributed by atoms with E-state index in [1.54, 1.807) is 34.0 Å². The molecule has 2 aromatic heterocycles. The van der Waals surface area contributed by atoms with E-state index in [1.807, 2.05) is 45.3 Å². The lowest BCUT2D eigenvalue weighted by Gasteiger charge is -2.08. The SMILES string of the molecule is Cc1ccccc1OCn1ccc(C(=O)Nc2cnn(CCN(C)C)c2)n1. The number of nitrogens with one attached hydrogen (secondary N) is 1. The summed E-state index contributed by atoms with van der Waals surface area (Å²) in [5.41, 5.74) is 2.02. The number of carbonyl (C=O) groups is 1. The summed E-state index contributed by atoms with van der Waals surface area (Å²) in [6, 6.07) is 9.42. The minimum Gasteiger partial charge on any atom is -0.471 e. The molecule has 27 heavy (non-hydrogen) atoms. The summed E-state index contributed by atoms with van der Waals surface area (Å²) in [5.74, 6) is 0.515. The number of anilines is 1. The van der Waals surface area contributed by atoms with E-state index in [0.717, 1.165) is 24.4 Å². The Bertz CT molecular complexity index is 899. The van der Waals surface area contributed by atoms with E-state index in [1.165, 1.54) is 0 Å². The molecular formula is C19H24N6O2. The van der Waals surface area contributed by atoms with Gasteiger partial charge in [0.15, 0.2) is 12.4 Å². The molecule has 0 unspecified atom stereocenters. The fourth-order valence-electron chi connectivity index (χ4n) is 2.46. The van der Waals surface area contributed by atoms with Crippen LogP contribution in [0.3, 0.4) is 0 Å². The average Bonchev–Trinajstić information content (AvgIpc) is 3.29. The van der Waals surface area contributed by atoms with Crippen LogP contribution in [0.15, 0.2) is 48.9 Å². The van der Waals surface area contributed by atoms with Crippen LogP contribution in [0.2, 0.25) is 0 Å². The van der Waals surface area contributed by atoms with Gasteiger partial charge in [0.25, 0.3) is 5.91 Å². The molecule has 3 aromatic rings. The van der Waals surface area contributed by atoms with Crippen molar-refractivity contribution >= 4 is 11.6 Å². The number of hydrogen-bond acceptors (Lipinski definition) is 5. The molecule has 2 heterocycles. The van der Waals surface area contributed by atoms with Gasteiger partial charge in [-0.25, -0.2) is 4.68 Å². The van der Waals surface area contributed by atoms with Crippen LogP contribution in [0.25, 0.3) is 0 Å². The van der Waals surface area contributed by atoms with Crippen LogP contribution in [-0.2, 0) is 13.3 Å². The number of amides is 1. The highest BCUT2D eigenvalue weighted by Gasteiger charge is 2.11. The smallest absolute Gasteiger partial charge is 0.276 e. The number of benzene rings is 1. The topological polar surface area (TPSA) is 77.2 Å². The first-order valence-electron chi connectivity index (χ1n) is 8.71. The lowest BCUT2D eigenvalue weighted by atomic mass is 10.2. The number of aromatic nitrogens is 4. The molecule has 142 valence electrons. The number of likely N-dealkylation sites (N-methyl/N-ethyl adjacent to an activating group) is 1. The van der Waals surface area contributed by atoms with Gasteiger partial charge in [0, 0.05) is 18.9 Å². The fourth-order valence-corrected chi connectivity index (χ4v) is 2.46. The van der Waals surface area contributed by atoms with Crippen molar-refractivity contribution in [2.75, 3.05) is 26.0 Å². The Morgan fingerprint density at radius 1 is 1.22 bits per heavy atom. The monoisotopic (exact) mass is 368 g/mol. The summed E-state index contributed by atoms with van der Waals surface area (Å²) >= 11 is 0. The first kappa shape index (κ1) is 18.7. The molecule has 0 aliphatic carbocycles. The van der Waals surface area contributed by atoms with Gasteiger partial charge >= 0.3 is 0 Å². The Morgan fingerprint density at radius 2 is 2.04 bits per heavy atom. The van der Waals surface area contributed by atoms with Gasteiger partial charge < -0.3 is 15.0 Å². The van der Waals surface area contributed by atoms with Crippen molar-refractivity contribution in [3.8, 4) is 5.75 Å². The highest BCUT2D eigenvalue weighted by molar-refractivity contribution is 6.02. The minimum atomic E-state index is -0.281. The predicted molar refractivity (Wildman–Crippen MR) is 103 cm³/mol. The molecule has 0 bridgehead atoms. The first-order valence-corrected chi connectivity index (χ1v) is 8.71. The molecule has 8 nitrogen and oxygen atoms in total. The van der Waals surface area contributed by atoms with Gasteiger partial charge in [-0.3, -0.25) is 9.48 Å². The Labute approximate surface area is 158 Å². The summed E-state index contributed by atoms with van der Waals surface area (Å²) in [6.45, 7) is 3.85. The maximum absolute atomic E-state index is 12.4. The highest BCUT2D eigenvalue weighted by atomic mass is 16.5. The first-order chi connectivity index (χ1) is 13.0. The maximum atomic E-state index is 12.4. The van der Waals surface area contributed by atoms with Crippen molar-refractivity contribution < 1.29 is 9.53 Å². The third-order valence-electron chi connectivity index (χ3n) is 3.99. The summed E-state index contributed by atoms with van der Waals surface area (Å²) in [5, 5.41) is 11.3. The molecule has 0 aliphatic rings. The molecule has 0 saturated heterocycles. The van der Waals surface area contributed by atoms with Gasteiger partial charge in [-0.05, 0) is 38.7 Å². The van der Waals surface area contributed by atoms with Crippen LogP contribution >= 0.6 is 0 Å². The van der Waals surface area contributed by atoms with Crippen LogP contribution in [-0.4, -0.2) is 51.0 Å². The van der Waals surface area contributed by atoms with Crippen LogP contribution in [0.5, 0.6) is 5.75 Å². The van der Waals surface area contributed by atoms with E-state index in [2.05, 4.69) is 20.4 Å². The zero-order chi connectivity index (χ0) is 19.2. The number of hydrogen-bond donors (Lipinski definition) is 1. The van der Waals surface area contributed by atoms with Crippen LogP contribution < -0.4 is 10.1 Å². The Morgan fingerprint density at radius 3 is 2.81 bits per heavy atom. The fraction of sp³-hybridized carbons (Fsp3) is 0.316. The van der Waals surface area contributed by atoms with E-state index in [-0.39, 0.29) is 12.6 Å². The standard InChI is InChI=1S/C19H24N6O2/c1-15-6-4-5-7-18(15)27-14-25-9-8-17(22-25)19(26)21-16-12-20-24(13-16)11-10-23(2)3/h4-9,12-13H,10-11,14H2,1-3H3,(H,21,26). The van der Waals surface area contributed by atoms with Crippen LogP contribution in [0, 0.1) is 6.92 Å². The molecule has 1 amide bonds. The number of nitrogens with zero attached hydrogens (tertiary/aromatic N) is 5. The summed E-state index contributed by atoms with van der Waals surface area (Å²) < 4.78 is 9.12. The highest BCUT2D eigenvalue weighted by Crippen LogP contribution is 2.16. The van der Waals surface area contributed by atoms with Gasteiger partial charge in [0.2, 0.25) is 0 Å². The van der Waals surface area contributed by atoms with E-state index >= 15 is 0 Å². The normalized spacial score (nSPS) is 11.0. The van der Waals surface area contributed by atoms with Crippen molar-refractivity contribution in [1.29, 1.82) is 0 Å². The van der Waals surface area contributed by atoms with Gasteiger partial charge in [0.1, 0.15) is 5.75 Å². The molecule has 0 fully saturated rings. The van der Waals surface area contributed by atoms with Gasteiger partial charge in [-0.2, -0.15) is 10.2 Å². The van der Waals surface area contributed by atoms with Gasteiger partial charge in [0.05, 0.1) is 18.4 Å². The van der Waals surface area contributed by atoms with Crippen molar-refractivity contribution in [2.24, 2.45) is 0 Å². The lowest BCUT2D eigenvalue weighted by Crippen LogP contribution is -2.18. The van der Waals surface area contributed by atoms with Crippen molar-refractivity contribution in [2.45, 2.75) is 20.2 Å². The summed E-state index contributed by atoms with van der Waals surface area (Å²) in [6.07, 6.45) is 5.15. The average molecular weight is 368 g/mol. The minimum absolute atomic E-state index is 0.237. The zero-order valence-electron chi connectivity index (χ0n) is 15.8. The molecule has 3 rings (SSSR count). The molecule has 0 saturated carbocycles.